The summed E-state index contributed by atoms with van der Waals surface area (Å²) in [6, 6.07) is 12.2. The number of phenolic OH excluding ortho intramolecular Hbond substituents is 1. The summed E-state index contributed by atoms with van der Waals surface area (Å²) < 4.78 is 0. The number of benzene rings is 2. The van der Waals surface area contributed by atoms with E-state index in [1.165, 1.54) is 17.7 Å². The number of rotatable bonds is 3. The fourth-order valence-corrected chi connectivity index (χ4v) is 3.98. The zero-order chi connectivity index (χ0) is 19.8. The Kier molecular flexibility index (Phi) is 4.67. The second-order valence-corrected chi connectivity index (χ2v) is 7.61. The zero-order valence-corrected chi connectivity index (χ0v) is 16.2. The maximum Gasteiger partial charge on any atom is 0.253 e. The van der Waals surface area contributed by atoms with E-state index < -0.39 is 0 Å². The van der Waals surface area contributed by atoms with Crippen LogP contribution in [0.4, 0.5) is 0 Å². The number of fused-ring (bicyclic) bond motifs is 1. The fourth-order valence-electron chi connectivity index (χ4n) is 3.98. The molecule has 1 amide bonds. The van der Waals surface area contributed by atoms with Crippen LogP contribution in [0.25, 0.3) is 10.9 Å². The number of ketones is 1. The van der Waals surface area contributed by atoms with Crippen molar-refractivity contribution >= 4 is 22.6 Å². The van der Waals surface area contributed by atoms with Crippen LogP contribution in [0.15, 0.2) is 42.5 Å². The van der Waals surface area contributed by atoms with Gasteiger partial charge in [-0.15, -0.1) is 0 Å². The van der Waals surface area contributed by atoms with Crippen LogP contribution >= 0.6 is 0 Å². The lowest BCUT2D eigenvalue weighted by Gasteiger charge is -2.31. The SMILES string of the molecule is Cc1[nH]c2ccc(C(=O)N3CCC(C(=O)c4ccc(O)cc4)CC3)cc2c1C. The number of nitrogens with zero attached hydrogens (tertiary/aromatic N) is 1. The van der Waals surface area contributed by atoms with Gasteiger partial charge in [0.1, 0.15) is 5.75 Å². The van der Waals surface area contributed by atoms with Crippen molar-refractivity contribution in [2.75, 3.05) is 13.1 Å². The Labute approximate surface area is 164 Å². The molecule has 144 valence electrons. The third-order valence-electron chi connectivity index (χ3n) is 5.86. The number of aromatic amines is 1. The second kappa shape index (κ2) is 7.15. The van der Waals surface area contributed by atoms with Gasteiger partial charge in [0.25, 0.3) is 5.91 Å². The molecule has 4 rings (SSSR count). The smallest absolute Gasteiger partial charge is 0.253 e. The summed E-state index contributed by atoms with van der Waals surface area (Å²) in [6.07, 6.45) is 1.33. The summed E-state index contributed by atoms with van der Waals surface area (Å²) in [5, 5.41) is 10.5. The molecule has 5 heteroatoms. The number of hydrogen-bond donors (Lipinski definition) is 2. The maximum atomic E-state index is 12.9. The molecular formula is C23H24N2O3. The van der Waals surface area contributed by atoms with Crippen LogP contribution in [0.1, 0.15) is 44.8 Å². The Hall–Kier alpha value is -3.08. The van der Waals surface area contributed by atoms with E-state index in [4.69, 9.17) is 0 Å². The molecule has 1 aromatic heterocycles. The molecule has 0 spiro atoms. The van der Waals surface area contributed by atoms with Gasteiger partial charge in [0.2, 0.25) is 0 Å². The Morgan fingerprint density at radius 2 is 1.64 bits per heavy atom. The van der Waals surface area contributed by atoms with Gasteiger partial charge in [-0.3, -0.25) is 9.59 Å². The molecule has 2 N–H and O–H groups in total. The number of aromatic nitrogens is 1. The predicted octanol–water partition coefficient (Wildman–Crippen LogP) is 4.23. The number of carbonyl (C=O) groups is 2. The molecule has 5 nitrogen and oxygen atoms in total. The molecule has 1 fully saturated rings. The van der Waals surface area contributed by atoms with Crippen molar-refractivity contribution in [3.63, 3.8) is 0 Å². The van der Waals surface area contributed by atoms with E-state index in [0.717, 1.165) is 16.6 Å². The highest BCUT2D eigenvalue weighted by Crippen LogP contribution is 2.26. The normalized spacial score (nSPS) is 15.1. The van der Waals surface area contributed by atoms with Crippen molar-refractivity contribution in [2.24, 2.45) is 5.92 Å². The van der Waals surface area contributed by atoms with Crippen molar-refractivity contribution in [3.8, 4) is 5.75 Å². The summed E-state index contributed by atoms with van der Waals surface area (Å²) in [5.74, 6) is 0.190. The van der Waals surface area contributed by atoms with Crippen LogP contribution in [0.3, 0.4) is 0 Å². The summed E-state index contributed by atoms with van der Waals surface area (Å²) >= 11 is 0. The topological polar surface area (TPSA) is 73.4 Å². The number of hydrogen-bond acceptors (Lipinski definition) is 3. The number of phenols is 1. The molecule has 0 bridgehead atoms. The van der Waals surface area contributed by atoms with Crippen LogP contribution in [0.2, 0.25) is 0 Å². The summed E-state index contributed by atoms with van der Waals surface area (Å²) in [7, 11) is 0. The van der Waals surface area contributed by atoms with Crippen LogP contribution in [-0.4, -0.2) is 39.8 Å². The molecule has 1 aliphatic heterocycles. The highest BCUT2D eigenvalue weighted by Gasteiger charge is 2.28. The molecule has 0 aliphatic carbocycles. The zero-order valence-electron chi connectivity index (χ0n) is 16.2. The Morgan fingerprint density at radius 1 is 1.00 bits per heavy atom. The van der Waals surface area contributed by atoms with Gasteiger partial charge in [-0.05, 0) is 74.7 Å². The van der Waals surface area contributed by atoms with Crippen LogP contribution in [0, 0.1) is 19.8 Å². The van der Waals surface area contributed by atoms with Crippen LogP contribution < -0.4 is 0 Å². The highest BCUT2D eigenvalue weighted by atomic mass is 16.3. The minimum Gasteiger partial charge on any atom is -0.508 e. The standard InChI is InChI=1S/C23H24N2O3/c1-14-15(2)24-21-8-5-18(13-20(14)21)23(28)25-11-9-17(10-12-25)22(27)16-3-6-19(26)7-4-16/h3-8,13,17,24,26H,9-12H2,1-2H3. The van der Waals surface area contributed by atoms with Gasteiger partial charge in [-0.25, -0.2) is 0 Å². The van der Waals surface area contributed by atoms with E-state index in [2.05, 4.69) is 11.9 Å². The first-order valence-corrected chi connectivity index (χ1v) is 9.65. The predicted molar refractivity (Wildman–Crippen MR) is 109 cm³/mol. The lowest BCUT2D eigenvalue weighted by atomic mass is 9.88. The van der Waals surface area contributed by atoms with Gasteiger partial charge >= 0.3 is 0 Å². The van der Waals surface area contributed by atoms with E-state index in [-0.39, 0.29) is 23.4 Å². The fraction of sp³-hybridized carbons (Fsp3) is 0.304. The molecule has 0 radical (unpaired) electrons. The van der Waals surface area contributed by atoms with Crippen molar-refractivity contribution in [2.45, 2.75) is 26.7 Å². The molecule has 2 aromatic carbocycles. The lowest BCUT2D eigenvalue weighted by molar-refractivity contribution is 0.0650. The van der Waals surface area contributed by atoms with Gasteiger partial charge < -0.3 is 15.0 Å². The van der Waals surface area contributed by atoms with E-state index >= 15 is 0 Å². The van der Waals surface area contributed by atoms with Gasteiger partial charge in [0.15, 0.2) is 5.78 Å². The van der Waals surface area contributed by atoms with E-state index in [9.17, 15) is 14.7 Å². The number of Topliss-reactive ketones (excluding diaryl/α,β-unsaturated/α-hetero) is 1. The van der Waals surface area contributed by atoms with Crippen molar-refractivity contribution in [3.05, 3.63) is 64.8 Å². The number of likely N-dealkylation sites (tertiary alicyclic amines) is 1. The molecule has 28 heavy (non-hydrogen) atoms. The molecular weight excluding hydrogens is 352 g/mol. The number of nitrogens with one attached hydrogen (secondary N) is 1. The highest BCUT2D eigenvalue weighted by molar-refractivity contribution is 6.00. The average Bonchev–Trinajstić information content (AvgIpc) is 3.01. The maximum absolute atomic E-state index is 12.9. The number of amides is 1. The van der Waals surface area contributed by atoms with E-state index in [0.29, 0.717) is 37.1 Å². The first-order valence-electron chi connectivity index (χ1n) is 9.65. The Bertz CT molecular complexity index is 1040. The molecule has 1 aliphatic rings. The van der Waals surface area contributed by atoms with Gasteiger partial charge in [0, 0.05) is 46.7 Å². The Balaban J connectivity index is 1.44. The number of H-pyrrole nitrogens is 1. The summed E-state index contributed by atoms with van der Waals surface area (Å²) in [5.41, 5.74) is 4.64. The van der Waals surface area contributed by atoms with Crippen LogP contribution in [0.5, 0.6) is 5.75 Å². The van der Waals surface area contributed by atoms with Gasteiger partial charge in [-0.2, -0.15) is 0 Å². The van der Waals surface area contributed by atoms with E-state index in [1.807, 2.05) is 30.0 Å². The van der Waals surface area contributed by atoms with Gasteiger partial charge in [-0.1, -0.05) is 0 Å². The van der Waals surface area contributed by atoms with Crippen molar-refractivity contribution < 1.29 is 14.7 Å². The second-order valence-electron chi connectivity index (χ2n) is 7.61. The third-order valence-corrected chi connectivity index (χ3v) is 5.86. The van der Waals surface area contributed by atoms with Gasteiger partial charge in [0.05, 0.1) is 0 Å². The largest absolute Gasteiger partial charge is 0.508 e. The number of aryl methyl sites for hydroxylation is 2. The molecule has 2 heterocycles. The first-order chi connectivity index (χ1) is 13.4. The minimum atomic E-state index is -0.0781. The number of carbonyl (C=O) groups excluding carboxylic acids is 2. The lowest BCUT2D eigenvalue weighted by Crippen LogP contribution is -2.40. The quantitative estimate of drug-likeness (QED) is 0.672. The van der Waals surface area contributed by atoms with Crippen LogP contribution in [-0.2, 0) is 0 Å². The van der Waals surface area contributed by atoms with E-state index in [1.54, 1.807) is 12.1 Å². The summed E-state index contributed by atoms with van der Waals surface area (Å²) in [6.45, 7) is 5.25. The minimum absolute atomic E-state index is 0.0238. The number of piperidine rings is 1. The Morgan fingerprint density at radius 3 is 2.32 bits per heavy atom. The monoisotopic (exact) mass is 376 g/mol. The number of aromatic hydroxyl groups is 1. The summed E-state index contributed by atoms with van der Waals surface area (Å²) in [4.78, 5) is 30.8. The third kappa shape index (κ3) is 3.28. The molecule has 1 saturated heterocycles. The van der Waals surface area contributed by atoms with Crippen molar-refractivity contribution in [1.82, 2.24) is 9.88 Å². The first kappa shape index (κ1) is 18.3. The molecule has 0 unspecified atom stereocenters. The molecule has 0 saturated carbocycles. The molecule has 3 aromatic rings. The molecule has 0 atom stereocenters. The van der Waals surface area contributed by atoms with Crippen molar-refractivity contribution in [1.29, 1.82) is 0 Å². The average molecular weight is 376 g/mol.